The molecule has 8 heteroatoms. The highest BCUT2D eigenvalue weighted by Gasteiger charge is 2.05. The molecule has 14 heavy (non-hydrogen) atoms. The van der Waals surface area contributed by atoms with E-state index in [0.717, 1.165) is 0 Å². The van der Waals surface area contributed by atoms with Gasteiger partial charge in [-0.15, -0.1) is 0 Å². The van der Waals surface area contributed by atoms with Crippen molar-refractivity contribution in [1.29, 1.82) is 0 Å². The Balaban J connectivity index is 2.71. The first-order valence-corrected chi connectivity index (χ1v) is 4.49. The highest BCUT2D eigenvalue weighted by Crippen LogP contribution is 2.08. The van der Waals surface area contributed by atoms with Crippen molar-refractivity contribution >= 4 is 35.2 Å². The average molecular weight is 236 g/mol. The van der Waals surface area contributed by atoms with Gasteiger partial charge in [-0.25, -0.2) is 4.79 Å². The van der Waals surface area contributed by atoms with Crippen LogP contribution in [0.4, 0.5) is 10.7 Å². The molecule has 76 valence electrons. The number of hydrogen-bond donors (Lipinski definition) is 2. The molecule has 6 nitrogen and oxygen atoms in total. The minimum absolute atomic E-state index is 0.0148. The molecule has 0 unspecified atom stereocenters. The molecule has 0 bridgehead atoms. The minimum Gasteiger partial charge on any atom is -0.338 e. The standard InChI is InChI=1S/C6H7Cl2N5O/c1-2-9-6(14)13-5-11-3(7)10-4(8)12-5/h2H2,1H3,(H2,9,10,11,12,13,14). The van der Waals surface area contributed by atoms with Crippen LogP contribution >= 0.6 is 23.2 Å². The predicted octanol–water partition coefficient (Wildman–Crippen LogP) is 1.32. The maximum absolute atomic E-state index is 11.0. The van der Waals surface area contributed by atoms with E-state index in [9.17, 15) is 4.79 Å². The topological polar surface area (TPSA) is 79.8 Å². The molecule has 1 heterocycles. The number of amides is 2. The number of hydrogen-bond acceptors (Lipinski definition) is 4. The van der Waals surface area contributed by atoms with Crippen molar-refractivity contribution in [3.63, 3.8) is 0 Å². The second kappa shape index (κ2) is 4.92. The van der Waals surface area contributed by atoms with E-state index in [1.807, 2.05) is 0 Å². The van der Waals surface area contributed by atoms with E-state index in [0.29, 0.717) is 6.54 Å². The molecule has 0 aliphatic carbocycles. The van der Waals surface area contributed by atoms with Gasteiger partial charge in [0.05, 0.1) is 0 Å². The first-order chi connectivity index (χ1) is 6.61. The summed E-state index contributed by atoms with van der Waals surface area (Å²) in [4.78, 5) is 21.8. The summed E-state index contributed by atoms with van der Waals surface area (Å²) in [6, 6.07) is -0.425. The van der Waals surface area contributed by atoms with Crippen molar-refractivity contribution in [1.82, 2.24) is 20.3 Å². The van der Waals surface area contributed by atoms with E-state index in [1.54, 1.807) is 6.92 Å². The summed E-state index contributed by atoms with van der Waals surface area (Å²) in [6.45, 7) is 2.28. The minimum atomic E-state index is -0.425. The summed E-state index contributed by atoms with van der Waals surface area (Å²) in [5, 5.41) is 4.69. The van der Waals surface area contributed by atoms with Crippen molar-refractivity contribution in [3.05, 3.63) is 10.6 Å². The molecule has 0 aromatic carbocycles. The van der Waals surface area contributed by atoms with Gasteiger partial charge in [0.1, 0.15) is 0 Å². The Kier molecular flexibility index (Phi) is 3.84. The number of nitrogens with zero attached hydrogens (tertiary/aromatic N) is 3. The molecule has 0 aliphatic heterocycles. The fourth-order valence-electron chi connectivity index (χ4n) is 0.688. The lowest BCUT2D eigenvalue weighted by molar-refractivity contribution is 0.252. The van der Waals surface area contributed by atoms with Gasteiger partial charge in [-0.2, -0.15) is 15.0 Å². The molecule has 1 aromatic rings. The molecule has 0 fully saturated rings. The first kappa shape index (κ1) is 10.9. The third-order valence-corrected chi connectivity index (χ3v) is 1.48. The maximum atomic E-state index is 11.0. The lowest BCUT2D eigenvalue weighted by Gasteiger charge is -2.03. The SMILES string of the molecule is CCNC(=O)Nc1nc(Cl)nc(Cl)n1. The Hall–Kier alpha value is -1.14. The van der Waals surface area contributed by atoms with Crippen LogP contribution in [0.1, 0.15) is 6.92 Å². The third-order valence-electron chi connectivity index (χ3n) is 1.14. The van der Waals surface area contributed by atoms with E-state index in [4.69, 9.17) is 23.2 Å². The van der Waals surface area contributed by atoms with Gasteiger partial charge >= 0.3 is 6.03 Å². The Morgan fingerprint density at radius 3 is 2.36 bits per heavy atom. The number of aromatic nitrogens is 3. The highest BCUT2D eigenvalue weighted by molar-refractivity contribution is 6.31. The van der Waals surface area contributed by atoms with Crippen LogP contribution in [-0.2, 0) is 0 Å². The molecule has 0 aliphatic rings. The molecule has 0 saturated heterocycles. The molecule has 1 rings (SSSR count). The summed E-state index contributed by atoms with van der Waals surface area (Å²) < 4.78 is 0. The van der Waals surface area contributed by atoms with Crippen LogP contribution in [0.3, 0.4) is 0 Å². The number of carbonyl (C=O) groups excluding carboxylic acids is 1. The summed E-state index contributed by atoms with van der Waals surface area (Å²) in [7, 11) is 0. The molecule has 0 atom stereocenters. The van der Waals surface area contributed by atoms with Gasteiger partial charge in [-0.3, -0.25) is 5.32 Å². The smallest absolute Gasteiger partial charge is 0.321 e. The van der Waals surface area contributed by atoms with Crippen molar-refractivity contribution < 1.29 is 4.79 Å². The maximum Gasteiger partial charge on any atom is 0.321 e. The first-order valence-electron chi connectivity index (χ1n) is 3.73. The average Bonchev–Trinajstić information content (AvgIpc) is 2.01. The molecular weight excluding hydrogens is 229 g/mol. The molecule has 1 aromatic heterocycles. The highest BCUT2D eigenvalue weighted by atomic mass is 35.5. The number of carbonyl (C=O) groups is 1. The predicted molar refractivity (Wildman–Crippen MR) is 52.5 cm³/mol. The van der Waals surface area contributed by atoms with Crippen molar-refractivity contribution in [2.24, 2.45) is 0 Å². The van der Waals surface area contributed by atoms with Crippen LogP contribution in [0.25, 0.3) is 0 Å². The number of urea groups is 1. The van der Waals surface area contributed by atoms with E-state index < -0.39 is 6.03 Å². The number of nitrogens with one attached hydrogen (secondary N) is 2. The zero-order valence-electron chi connectivity index (χ0n) is 7.21. The summed E-state index contributed by atoms with van der Waals surface area (Å²) >= 11 is 11.0. The Labute approximate surface area is 90.1 Å². The van der Waals surface area contributed by atoms with Gasteiger partial charge in [0.2, 0.25) is 16.5 Å². The second-order valence-electron chi connectivity index (χ2n) is 2.18. The van der Waals surface area contributed by atoms with Gasteiger partial charge in [0.25, 0.3) is 0 Å². The van der Waals surface area contributed by atoms with Crippen LogP contribution in [0.5, 0.6) is 0 Å². The summed E-state index contributed by atoms with van der Waals surface area (Å²) in [5.41, 5.74) is 0. The molecular formula is C6H7Cl2N5O. The van der Waals surface area contributed by atoms with Crippen LogP contribution in [0.2, 0.25) is 10.6 Å². The van der Waals surface area contributed by atoms with Crippen molar-refractivity contribution in [2.75, 3.05) is 11.9 Å². The van der Waals surface area contributed by atoms with Crippen LogP contribution in [-0.4, -0.2) is 27.5 Å². The molecule has 0 spiro atoms. The van der Waals surface area contributed by atoms with Crippen LogP contribution in [0, 0.1) is 0 Å². The summed E-state index contributed by atoms with van der Waals surface area (Å²) in [6.07, 6.45) is 0. The fourth-order valence-corrected chi connectivity index (χ4v) is 1.05. The van der Waals surface area contributed by atoms with Crippen LogP contribution < -0.4 is 10.6 Å². The lowest BCUT2D eigenvalue weighted by Crippen LogP contribution is -2.29. The second-order valence-corrected chi connectivity index (χ2v) is 2.86. The van der Waals surface area contributed by atoms with Crippen molar-refractivity contribution in [3.8, 4) is 0 Å². The van der Waals surface area contributed by atoms with Gasteiger partial charge in [0, 0.05) is 6.54 Å². The van der Waals surface area contributed by atoms with Crippen LogP contribution in [0.15, 0.2) is 0 Å². The van der Waals surface area contributed by atoms with E-state index >= 15 is 0 Å². The molecule has 2 N–H and O–H groups in total. The van der Waals surface area contributed by atoms with E-state index in [1.165, 1.54) is 0 Å². The molecule has 2 amide bonds. The Morgan fingerprint density at radius 1 is 1.29 bits per heavy atom. The number of rotatable bonds is 2. The van der Waals surface area contributed by atoms with E-state index in [-0.39, 0.29) is 16.5 Å². The van der Waals surface area contributed by atoms with E-state index in [2.05, 4.69) is 25.6 Å². The Morgan fingerprint density at radius 2 is 1.86 bits per heavy atom. The van der Waals surface area contributed by atoms with Gasteiger partial charge in [0.15, 0.2) is 0 Å². The van der Waals surface area contributed by atoms with Gasteiger partial charge in [-0.05, 0) is 30.1 Å². The third kappa shape index (κ3) is 3.31. The lowest BCUT2D eigenvalue weighted by atomic mass is 10.7. The zero-order valence-corrected chi connectivity index (χ0v) is 8.72. The van der Waals surface area contributed by atoms with Crippen molar-refractivity contribution in [2.45, 2.75) is 6.92 Å². The normalized spacial score (nSPS) is 9.64. The van der Waals surface area contributed by atoms with Gasteiger partial charge < -0.3 is 5.32 Å². The monoisotopic (exact) mass is 235 g/mol. The number of anilines is 1. The number of halogens is 2. The largest absolute Gasteiger partial charge is 0.338 e. The quantitative estimate of drug-likeness (QED) is 0.811. The molecule has 0 saturated carbocycles. The summed E-state index contributed by atoms with van der Waals surface area (Å²) in [5.74, 6) is 0.0148. The molecule has 0 radical (unpaired) electrons. The Bertz CT molecular complexity index is 325. The fraction of sp³-hybridized carbons (Fsp3) is 0.333. The van der Waals surface area contributed by atoms with Gasteiger partial charge in [-0.1, -0.05) is 0 Å². The zero-order chi connectivity index (χ0) is 10.6.